The summed E-state index contributed by atoms with van der Waals surface area (Å²) < 4.78 is 6.34. The number of fused-ring (bicyclic) bond motifs is 1. The Bertz CT molecular complexity index is 704. The first-order valence-corrected chi connectivity index (χ1v) is 6.46. The van der Waals surface area contributed by atoms with Crippen LogP contribution in [0.15, 0.2) is 52.7 Å². The molecule has 3 rings (SSSR count). The highest BCUT2D eigenvalue weighted by atomic mass is 79.9. The third-order valence-electron chi connectivity index (χ3n) is 2.85. The summed E-state index contributed by atoms with van der Waals surface area (Å²) >= 11 is 3.32. The molecule has 0 saturated carbocycles. The van der Waals surface area contributed by atoms with E-state index in [0.29, 0.717) is 16.9 Å². The highest BCUT2D eigenvalue weighted by molar-refractivity contribution is 9.10. The molecule has 0 fully saturated rings. The molecule has 3 nitrogen and oxygen atoms in total. The van der Waals surface area contributed by atoms with Crippen LogP contribution in [0.5, 0.6) is 11.5 Å². The zero-order valence-corrected chi connectivity index (χ0v) is 11.3. The monoisotopic (exact) mass is 316 g/mol. The van der Waals surface area contributed by atoms with E-state index < -0.39 is 0 Å². The summed E-state index contributed by atoms with van der Waals surface area (Å²) in [6.45, 7) is 0. The Morgan fingerprint density at radius 1 is 1.16 bits per heavy atom. The second-order valence-electron chi connectivity index (χ2n) is 4.14. The van der Waals surface area contributed by atoms with Crippen LogP contribution in [0, 0.1) is 0 Å². The van der Waals surface area contributed by atoms with Crippen LogP contribution >= 0.6 is 15.9 Å². The van der Waals surface area contributed by atoms with Gasteiger partial charge in [0.25, 0.3) is 0 Å². The van der Waals surface area contributed by atoms with Gasteiger partial charge in [-0.15, -0.1) is 0 Å². The van der Waals surface area contributed by atoms with E-state index in [4.69, 9.17) is 4.74 Å². The van der Waals surface area contributed by atoms with Gasteiger partial charge >= 0.3 is 0 Å². The maximum absolute atomic E-state index is 12.2. The number of hydrogen-bond acceptors (Lipinski definition) is 3. The quantitative estimate of drug-likeness (QED) is 0.815. The van der Waals surface area contributed by atoms with E-state index in [2.05, 4.69) is 15.9 Å². The molecule has 2 aromatic carbocycles. The first kappa shape index (κ1) is 12.0. The molecule has 0 amide bonds. The number of carbonyl (C=O) groups excluding carboxylic acids is 1. The van der Waals surface area contributed by atoms with Crippen molar-refractivity contribution in [3.05, 3.63) is 63.8 Å². The van der Waals surface area contributed by atoms with Crippen molar-refractivity contribution in [1.29, 1.82) is 0 Å². The minimum absolute atomic E-state index is 0.114. The minimum atomic E-state index is -0.181. The van der Waals surface area contributed by atoms with Crippen LogP contribution < -0.4 is 4.74 Å². The normalized spacial score (nSPS) is 15.4. The standard InChI is InChI=1S/C15H9BrO3/c16-10-5-6-13-11(8-10)15(18)14(19-13)7-9-3-1-2-4-12(9)17/h1-8,17H. The molecular formula is C15H9BrO3. The zero-order valence-electron chi connectivity index (χ0n) is 9.76. The zero-order chi connectivity index (χ0) is 13.4. The van der Waals surface area contributed by atoms with Crippen molar-refractivity contribution in [2.45, 2.75) is 0 Å². The topological polar surface area (TPSA) is 46.5 Å². The predicted molar refractivity (Wildman–Crippen MR) is 75.2 cm³/mol. The molecule has 0 atom stereocenters. The number of ether oxygens (including phenoxy) is 1. The van der Waals surface area contributed by atoms with Gasteiger partial charge in [0.1, 0.15) is 11.5 Å². The number of rotatable bonds is 1. The number of phenols is 1. The molecule has 4 heteroatoms. The second kappa shape index (κ2) is 4.55. The summed E-state index contributed by atoms with van der Waals surface area (Å²) in [5.74, 6) is 0.688. The molecule has 0 saturated heterocycles. The molecule has 1 heterocycles. The van der Waals surface area contributed by atoms with Crippen LogP contribution in [0.1, 0.15) is 15.9 Å². The van der Waals surface area contributed by atoms with Gasteiger partial charge in [0.2, 0.25) is 5.78 Å². The fourth-order valence-corrected chi connectivity index (χ4v) is 2.27. The van der Waals surface area contributed by atoms with Gasteiger partial charge in [0, 0.05) is 10.0 Å². The van der Waals surface area contributed by atoms with E-state index >= 15 is 0 Å². The van der Waals surface area contributed by atoms with Gasteiger partial charge < -0.3 is 9.84 Å². The molecule has 0 bridgehead atoms. The number of benzene rings is 2. The molecule has 0 unspecified atom stereocenters. The number of carbonyl (C=O) groups is 1. The summed E-state index contributed by atoms with van der Waals surface area (Å²) in [7, 11) is 0. The lowest BCUT2D eigenvalue weighted by Gasteiger charge is -2.00. The Hall–Kier alpha value is -2.07. The number of phenolic OH excluding ortho intramolecular Hbond substituents is 1. The van der Waals surface area contributed by atoms with E-state index in [1.807, 2.05) is 6.07 Å². The first-order chi connectivity index (χ1) is 9.15. The fraction of sp³-hybridized carbons (Fsp3) is 0. The van der Waals surface area contributed by atoms with E-state index in [1.54, 1.807) is 42.5 Å². The molecule has 94 valence electrons. The number of Topliss-reactive ketones (excluding diaryl/α,β-unsaturated/α-hetero) is 1. The van der Waals surface area contributed by atoms with Crippen LogP contribution in [0.25, 0.3) is 6.08 Å². The maximum Gasteiger partial charge on any atom is 0.232 e. The molecule has 0 radical (unpaired) electrons. The molecule has 0 aromatic heterocycles. The summed E-state index contributed by atoms with van der Waals surface area (Å²) in [4.78, 5) is 12.2. The number of para-hydroxylation sites is 1. The third-order valence-corrected chi connectivity index (χ3v) is 3.35. The highest BCUT2D eigenvalue weighted by Crippen LogP contribution is 2.34. The van der Waals surface area contributed by atoms with Gasteiger partial charge in [-0.25, -0.2) is 0 Å². The van der Waals surface area contributed by atoms with Crippen molar-refractivity contribution in [2.75, 3.05) is 0 Å². The van der Waals surface area contributed by atoms with Crippen LogP contribution in [0.2, 0.25) is 0 Å². The second-order valence-corrected chi connectivity index (χ2v) is 5.05. The van der Waals surface area contributed by atoms with Gasteiger partial charge in [-0.2, -0.15) is 0 Å². The smallest absolute Gasteiger partial charge is 0.232 e. The number of ketones is 1. The van der Waals surface area contributed by atoms with E-state index in [-0.39, 0.29) is 17.3 Å². The molecule has 1 aliphatic rings. The van der Waals surface area contributed by atoms with E-state index in [1.165, 1.54) is 0 Å². The predicted octanol–water partition coefficient (Wildman–Crippen LogP) is 3.77. The Kier molecular flexibility index (Phi) is 2.87. The number of aromatic hydroxyl groups is 1. The minimum Gasteiger partial charge on any atom is -0.507 e. The molecule has 0 aliphatic carbocycles. The van der Waals surface area contributed by atoms with Crippen LogP contribution in [-0.4, -0.2) is 10.9 Å². The molecule has 1 N–H and O–H groups in total. The lowest BCUT2D eigenvalue weighted by Crippen LogP contribution is -1.98. The van der Waals surface area contributed by atoms with Gasteiger partial charge in [0.05, 0.1) is 5.56 Å². The van der Waals surface area contributed by atoms with Crippen molar-refractivity contribution in [3.8, 4) is 11.5 Å². The lowest BCUT2D eigenvalue weighted by molar-refractivity contribution is 0.101. The average molecular weight is 317 g/mol. The number of halogens is 1. The Balaban J connectivity index is 2.03. The Morgan fingerprint density at radius 2 is 1.95 bits per heavy atom. The Morgan fingerprint density at radius 3 is 2.74 bits per heavy atom. The van der Waals surface area contributed by atoms with Crippen molar-refractivity contribution in [1.82, 2.24) is 0 Å². The van der Waals surface area contributed by atoms with Crippen molar-refractivity contribution < 1.29 is 14.6 Å². The van der Waals surface area contributed by atoms with Crippen molar-refractivity contribution in [2.24, 2.45) is 0 Å². The number of allylic oxidation sites excluding steroid dienone is 1. The molecule has 19 heavy (non-hydrogen) atoms. The third kappa shape index (κ3) is 2.15. The lowest BCUT2D eigenvalue weighted by atomic mass is 10.1. The van der Waals surface area contributed by atoms with Gasteiger partial charge in [0.15, 0.2) is 5.76 Å². The highest BCUT2D eigenvalue weighted by Gasteiger charge is 2.27. The number of hydrogen-bond donors (Lipinski definition) is 1. The van der Waals surface area contributed by atoms with Gasteiger partial charge in [-0.3, -0.25) is 4.79 Å². The van der Waals surface area contributed by atoms with Gasteiger partial charge in [-0.05, 0) is 30.3 Å². The summed E-state index contributed by atoms with van der Waals surface area (Å²) in [6.07, 6.45) is 1.55. The van der Waals surface area contributed by atoms with Crippen LogP contribution in [0.4, 0.5) is 0 Å². The SMILES string of the molecule is O=C1C(=Cc2ccccc2O)Oc2ccc(Br)cc21. The largest absolute Gasteiger partial charge is 0.507 e. The fourth-order valence-electron chi connectivity index (χ4n) is 1.91. The molecule has 2 aromatic rings. The summed E-state index contributed by atoms with van der Waals surface area (Å²) in [5.41, 5.74) is 1.08. The van der Waals surface area contributed by atoms with Crippen molar-refractivity contribution in [3.63, 3.8) is 0 Å². The van der Waals surface area contributed by atoms with Gasteiger partial charge in [-0.1, -0.05) is 34.1 Å². The molecule has 0 spiro atoms. The first-order valence-electron chi connectivity index (χ1n) is 5.67. The summed E-state index contributed by atoms with van der Waals surface area (Å²) in [6, 6.07) is 12.1. The molecule has 1 aliphatic heterocycles. The van der Waals surface area contributed by atoms with E-state index in [9.17, 15) is 9.90 Å². The van der Waals surface area contributed by atoms with E-state index in [0.717, 1.165) is 4.47 Å². The van der Waals surface area contributed by atoms with Crippen molar-refractivity contribution >= 4 is 27.8 Å². The van der Waals surface area contributed by atoms with Crippen LogP contribution in [-0.2, 0) is 0 Å². The van der Waals surface area contributed by atoms with Crippen LogP contribution in [0.3, 0.4) is 0 Å². The average Bonchev–Trinajstić information content (AvgIpc) is 2.70. The Labute approximate surface area is 118 Å². The summed E-state index contributed by atoms with van der Waals surface area (Å²) in [5, 5.41) is 9.70. The maximum atomic E-state index is 12.2. The molecular weight excluding hydrogens is 308 g/mol.